The molecule has 3 heterocycles. The molecule has 0 atom stereocenters. The predicted molar refractivity (Wildman–Crippen MR) is 226 cm³/mol. The fourth-order valence-corrected chi connectivity index (χ4v) is 13.8. The Morgan fingerprint density at radius 3 is 1.60 bits per heavy atom. The number of para-hydroxylation sites is 3. The highest BCUT2D eigenvalue weighted by Gasteiger charge is 2.41. The normalized spacial score (nSPS) is 12.2. The first-order valence-electron chi connectivity index (χ1n) is 18.2. The van der Waals surface area contributed by atoms with Crippen LogP contribution in [-0.2, 0) is 0 Å². The molecule has 0 aliphatic heterocycles. The molecule has 0 saturated carbocycles. The third-order valence-corrected chi connectivity index (χ3v) is 16.0. The number of hydrogen-bond donors (Lipinski definition) is 0. The first kappa shape index (κ1) is 29.9. The van der Waals surface area contributed by atoms with Crippen molar-refractivity contribution in [1.82, 2.24) is 14.0 Å². The Balaban J connectivity index is 1.27. The first-order chi connectivity index (χ1) is 26.3. The molecule has 0 fully saturated rings. The lowest BCUT2D eigenvalue weighted by molar-refractivity contribution is 1.18. The Bertz CT molecular complexity index is 3070. The lowest BCUT2D eigenvalue weighted by atomic mass is 10.0. The zero-order chi connectivity index (χ0) is 34.9. The lowest BCUT2D eigenvalue weighted by Crippen LogP contribution is -2.74. The van der Waals surface area contributed by atoms with Crippen LogP contribution >= 0.6 is 0 Å². The quantitative estimate of drug-likeness (QED) is 0.100. The van der Waals surface area contributed by atoms with Crippen molar-refractivity contribution < 1.29 is 0 Å². The Kier molecular flexibility index (Phi) is 6.57. The van der Waals surface area contributed by atoms with Gasteiger partial charge in [-0.05, 0) is 62.5 Å². The summed E-state index contributed by atoms with van der Waals surface area (Å²) in [5.41, 5.74) is 7.82. The number of fused-ring (bicyclic) bond motifs is 12. The molecule has 3 nitrogen and oxygen atoms in total. The van der Waals surface area contributed by atoms with Crippen molar-refractivity contribution in [2.45, 2.75) is 0 Å². The standard InChI is InChI=1S/C49H33N3Si/c1-4-18-35(19-5-1)53(36-20-6-2-7-21-36,37-22-8-3-9-23-37)38-24-16-17-34(33-38)51-44-29-14-12-27-42(44)47-46(51)32-31-40-39-25-10-11-26-41(39)49-50-43-28-13-15-30-45(43)52(49)48(40)47/h1-33H. The molecule has 0 N–H and O–H groups in total. The van der Waals surface area contributed by atoms with Crippen molar-refractivity contribution in [3.8, 4) is 5.69 Å². The molecule has 0 aliphatic rings. The summed E-state index contributed by atoms with van der Waals surface area (Å²) >= 11 is 0. The number of benzene rings is 8. The smallest absolute Gasteiger partial charge is 0.179 e. The summed E-state index contributed by atoms with van der Waals surface area (Å²) in [6.45, 7) is 0. The van der Waals surface area contributed by atoms with Crippen molar-refractivity contribution in [2.24, 2.45) is 0 Å². The second-order valence-electron chi connectivity index (χ2n) is 13.9. The van der Waals surface area contributed by atoms with Crippen LogP contribution in [0.3, 0.4) is 0 Å². The van der Waals surface area contributed by atoms with Gasteiger partial charge in [0.15, 0.2) is 8.07 Å². The highest BCUT2D eigenvalue weighted by atomic mass is 28.3. The topological polar surface area (TPSA) is 22.2 Å². The molecular formula is C49H33N3Si. The van der Waals surface area contributed by atoms with Crippen molar-refractivity contribution >= 4 is 89.0 Å². The van der Waals surface area contributed by atoms with Crippen LogP contribution in [-0.4, -0.2) is 22.0 Å². The maximum Gasteiger partial charge on any atom is 0.179 e. The summed E-state index contributed by atoms with van der Waals surface area (Å²) in [5, 5.41) is 11.5. The van der Waals surface area contributed by atoms with E-state index in [2.05, 4.69) is 209 Å². The largest absolute Gasteiger partial charge is 0.309 e. The highest BCUT2D eigenvalue weighted by Crippen LogP contribution is 2.41. The van der Waals surface area contributed by atoms with Crippen LogP contribution in [0.25, 0.3) is 65.8 Å². The predicted octanol–water partition coefficient (Wildman–Crippen LogP) is 9.27. The van der Waals surface area contributed by atoms with Gasteiger partial charge < -0.3 is 4.57 Å². The fraction of sp³-hybridized carbons (Fsp3) is 0. The summed E-state index contributed by atoms with van der Waals surface area (Å²) in [7, 11) is -2.74. The molecule has 0 bridgehead atoms. The maximum absolute atomic E-state index is 5.23. The fourth-order valence-electron chi connectivity index (χ4n) is 9.06. The van der Waals surface area contributed by atoms with Gasteiger partial charge in [-0.2, -0.15) is 0 Å². The molecule has 8 aromatic carbocycles. The van der Waals surface area contributed by atoms with Gasteiger partial charge >= 0.3 is 0 Å². The monoisotopic (exact) mass is 691 g/mol. The number of rotatable bonds is 5. The van der Waals surface area contributed by atoms with Crippen molar-refractivity contribution in [3.05, 3.63) is 200 Å². The highest BCUT2D eigenvalue weighted by molar-refractivity contribution is 7.19. The summed E-state index contributed by atoms with van der Waals surface area (Å²) in [6, 6.07) is 73.7. The van der Waals surface area contributed by atoms with E-state index in [1.165, 1.54) is 58.8 Å². The minimum absolute atomic E-state index is 0.991. The molecule has 0 radical (unpaired) electrons. The maximum atomic E-state index is 5.23. The van der Waals surface area contributed by atoms with E-state index in [9.17, 15) is 0 Å². The first-order valence-corrected chi connectivity index (χ1v) is 20.2. The minimum atomic E-state index is -2.74. The third-order valence-electron chi connectivity index (χ3n) is 11.2. The number of aromatic nitrogens is 3. The van der Waals surface area contributed by atoms with Gasteiger partial charge in [-0.3, -0.25) is 4.40 Å². The van der Waals surface area contributed by atoms with E-state index >= 15 is 0 Å². The van der Waals surface area contributed by atoms with Gasteiger partial charge in [0.25, 0.3) is 0 Å². The van der Waals surface area contributed by atoms with Crippen LogP contribution in [0.5, 0.6) is 0 Å². The Morgan fingerprint density at radius 2 is 0.925 bits per heavy atom. The van der Waals surface area contributed by atoms with Crippen molar-refractivity contribution in [3.63, 3.8) is 0 Å². The van der Waals surface area contributed by atoms with E-state index in [0.29, 0.717) is 0 Å². The third kappa shape index (κ3) is 4.24. The van der Waals surface area contributed by atoms with Gasteiger partial charge in [-0.15, -0.1) is 0 Å². The number of nitrogens with zero attached hydrogens (tertiary/aromatic N) is 3. The number of imidazole rings is 1. The van der Waals surface area contributed by atoms with Gasteiger partial charge in [-0.1, -0.05) is 164 Å². The van der Waals surface area contributed by atoms with Gasteiger partial charge in [0.1, 0.15) is 5.65 Å². The van der Waals surface area contributed by atoms with E-state index in [4.69, 9.17) is 4.98 Å². The van der Waals surface area contributed by atoms with Crippen molar-refractivity contribution in [2.75, 3.05) is 0 Å². The van der Waals surface area contributed by atoms with Gasteiger partial charge in [0.05, 0.1) is 27.6 Å². The molecule has 0 aliphatic carbocycles. The van der Waals surface area contributed by atoms with E-state index in [1.54, 1.807) is 0 Å². The van der Waals surface area contributed by atoms with E-state index in [-0.39, 0.29) is 0 Å². The van der Waals surface area contributed by atoms with Gasteiger partial charge in [0.2, 0.25) is 0 Å². The lowest BCUT2D eigenvalue weighted by Gasteiger charge is -2.34. The summed E-state index contributed by atoms with van der Waals surface area (Å²) < 4.78 is 4.88. The van der Waals surface area contributed by atoms with E-state index in [1.807, 2.05) is 0 Å². The molecule has 53 heavy (non-hydrogen) atoms. The minimum Gasteiger partial charge on any atom is -0.309 e. The van der Waals surface area contributed by atoms with Crippen LogP contribution in [0.4, 0.5) is 0 Å². The van der Waals surface area contributed by atoms with E-state index in [0.717, 1.165) is 27.8 Å². The van der Waals surface area contributed by atoms with Gasteiger partial charge in [0, 0.05) is 27.2 Å². The number of pyridine rings is 1. The molecule has 11 aromatic rings. The summed E-state index contributed by atoms with van der Waals surface area (Å²) in [6.07, 6.45) is 0. The van der Waals surface area contributed by atoms with Crippen LogP contribution in [0.2, 0.25) is 0 Å². The average Bonchev–Trinajstić information content (AvgIpc) is 3.79. The molecule has 11 rings (SSSR count). The zero-order valence-corrected chi connectivity index (χ0v) is 29.9. The molecule has 4 heteroatoms. The second kappa shape index (κ2) is 11.6. The molecule has 248 valence electrons. The van der Waals surface area contributed by atoms with Crippen LogP contribution in [0.1, 0.15) is 0 Å². The molecule has 3 aromatic heterocycles. The van der Waals surface area contributed by atoms with E-state index < -0.39 is 8.07 Å². The molecule has 0 amide bonds. The molecule has 0 spiro atoms. The average molecular weight is 692 g/mol. The summed E-state index contributed by atoms with van der Waals surface area (Å²) in [5.74, 6) is 0. The SMILES string of the molecule is c1ccc([Si](c2ccccc2)(c2ccccc2)c2cccc(-n3c4ccccc4c4c3ccc3c5ccccc5c5nc6ccccc6n5c34)c2)cc1. The molecule has 0 unspecified atom stereocenters. The van der Waals surface area contributed by atoms with Crippen LogP contribution < -0.4 is 20.7 Å². The number of hydrogen-bond acceptors (Lipinski definition) is 1. The Hall–Kier alpha value is -6.75. The second-order valence-corrected chi connectivity index (χ2v) is 17.7. The molecule has 0 saturated heterocycles. The molecular weight excluding hydrogens is 659 g/mol. The zero-order valence-electron chi connectivity index (χ0n) is 28.9. The van der Waals surface area contributed by atoms with Gasteiger partial charge in [-0.25, -0.2) is 4.98 Å². The van der Waals surface area contributed by atoms with Crippen LogP contribution in [0.15, 0.2) is 200 Å². The van der Waals surface area contributed by atoms with Crippen molar-refractivity contribution in [1.29, 1.82) is 0 Å². The summed E-state index contributed by atoms with van der Waals surface area (Å²) in [4.78, 5) is 5.23. The van der Waals surface area contributed by atoms with Crippen LogP contribution in [0, 0.1) is 0 Å². The Labute approximate surface area is 307 Å². The Morgan fingerprint density at radius 1 is 0.377 bits per heavy atom.